The maximum Gasteiger partial charge on any atom is 0.193 e. The van der Waals surface area contributed by atoms with Crippen LogP contribution in [0.15, 0.2) is 53.5 Å². The molecule has 5 heteroatoms. The van der Waals surface area contributed by atoms with Crippen LogP contribution in [0, 0.1) is 0 Å². The van der Waals surface area contributed by atoms with Gasteiger partial charge < -0.3 is 20.5 Å². The summed E-state index contributed by atoms with van der Waals surface area (Å²) in [4.78, 5) is 4.51. The van der Waals surface area contributed by atoms with E-state index < -0.39 is 0 Å². The molecule has 1 unspecified atom stereocenters. The number of nitrogens with one attached hydrogen (secondary N) is 1. The second-order valence-electron chi connectivity index (χ2n) is 5.69. The van der Waals surface area contributed by atoms with E-state index in [2.05, 4.69) is 10.3 Å². The summed E-state index contributed by atoms with van der Waals surface area (Å²) in [7, 11) is 0. The number of guanidine groups is 1. The second-order valence-corrected chi connectivity index (χ2v) is 5.69. The summed E-state index contributed by atoms with van der Waals surface area (Å²) in [5, 5.41) is 3.10. The molecule has 0 saturated heterocycles. The Hall–Kier alpha value is -2.69. The molecule has 1 atom stereocenters. The number of fused-ring (bicyclic) bond motifs is 1. The SMILES string of the molecule is CC(C)Oc1ccc(NC(N)=NC2COc3ccccc32)cc1. The fourth-order valence-electron chi connectivity index (χ4n) is 2.49. The van der Waals surface area contributed by atoms with Crippen LogP contribution in [0.1, 0.15) is 25.5 Å². The first kappa shape index (κ1) is 15.2. The molecule has 0 saturated carbocycles. The lowest BCUT2D eigenvalue weighted by atomic mass is 10.1. The first-order valence-corrected chi connectivity index (χ1v) is 7.70. The van der Waals surface area contributed by atoms with Gasteiger partial charge in [-0.3, -0.25) is 0 Å². The van der Waals surface area contributed by atoms with Crippen LogP contribution in [-0.2, 0) is 0 Å². The highest BCUT2D eigenvalue weighted by Crippen LogP contribution is 2.34. The van der Waals surface area contributed by atoms with Crippen molar-refractivity contribution in [3.8, 4) is 11.5 Å². The number of rotatable bonds is 4. The number of aliphatic imine (C=N–C) groups is 1. The Morgan fingerprint density at radius 1 is 1.22 bits per heavy atom. The van der Waals surface area contributed by atoms with Gasteiger partial charge in [0.15, 0.2) is 5.96 Å². The monoisotopic (exact) mass is 311 g/mol. The van der Waals surface area contributed by atoms with Crippen LogP contribution in [0.5, 0.6) is 11.5 Å². The first-order valence-electron chi connectivity index (χ1n) is 7.70. The summed E-state index contributed by atoms with van der Waals surface area (Å²) in [6.45, 7) is 4.51. The molecular formula is C18H21N3O2. The summed E-state index contributed by atoms with van der Waals surface area (Å²) >= 11 is 0. The Balaban J connectivity index is 1.66. The number of nitrogens with two attached hydrogens (primary N) is 1. The molecule has 1 aliphatic rings. The number of ether oxygens (including phenoxy) is 2. The van der Waals surface area contributed by atoms with Gasteiger partial charge in [0.05, 0.1) is 6.10 Å². The summed E-state index contributed by atoms with van der Waals surface area (Å²) < 4.78 is 11.2. The van der Waals surface area contributed by atoms with Gasteiger partial charge >= 0.3 is 0 Å². The highest BCUT2D eigenvalue weighted by molar-refractivity contribution is 5.92. The van der Waals surface area contributed by atoms with Crippen molar-refractivity contribution in [2.45, 2.75) is 26.0 Å². The van der Waals surface area contributed by atoms with Gasteiger partial charge in [-0.1, -0.05) is 18.2 Å². The van der Waals surface area contributed by atoms with E-state index in [-0.39, 0.29) is 12.1 Å². The highest BCUT2D eigenvalue weighted by Gasteiger charge is 2.23. The number of anilines is 1. The Bertz CT molecular complexity index is 696. The van der Waals surface area contributed by atoms with Gasteiger partial charge in [0.2, 0.25) is 0 Å². The van der Waals surface area contributed by atoms with Crippen LogP contribution < -0.4 is 20.5 Å². The number of nitrogens with zero attached hydrogens (tertiary/aromatic N) is 1. The number of para-hydroxylation sites is 1. The molecule has 0 bridgehead atoms. The van der Waals surface area contributed by atoms with Gasteiger partial charge in [0, 0.05) is 11.3 Å². The maximum absolute atomic E-state index is 6.01. The van der Waals surface area contributed by atoms with Crippen molar-refractivity contribution in [2.75, 3.05) is 11.9 Å². The van der Waals surface area contributed by atoms with Crippen molar-refractivity contribution in [1.29, 1.82) is 0 Å². The molecule has 2 aromatic rings. The van der Waals surface area contributed by atoms with E-state index in [0.29, 0.717) is 12.6 Å². The van der Waals surface area contributed by atoms with E-state index in [1.807, 2.05) is 62.4 Å². The molecule has 0 amide bonds. The molecule has 3 rings (SSSR count). The number of benzene rings is 2. The average molecular weight is 311 g/mol. The molecule has 120 valence electrons. The minimum absolute atomic E-state index is 0.0674. The molecule has 1 aliphatic heterocycles. The molecule has 0 fully saturated rings. The van der Waals surface area contributed by atoms with E-state index in [4.69, 9.17) is 15.2 Å². The molecular weight excluding hydrogens is 290 g/mol. The Morgan fingerprint density at radius 3 is 2.70 bits per heavy atom. The van der Waals surface area contributed by atoms with Crippen molar-refractivity contribution in [3.05, 3.63) is 54.1 Å². The second kappa shape index (κ2) is 6.60. The van der Waals surface area contributed by atoms with E-state index in [1.54, 1.807) is 0 Å². The van der Waals surface area contributed by atoms with E-state index in [0.717, 1.165) is 22.7 Å². The summed E-state index contributed by atoms with van der Waals surface area (Å²) in [6.07, 6.45) is 0.155. The molecule has 3 N–H and O–H groups in total. The fraction of sp³-hybridized carbons (Fsp3) is 0.278. The standard InChI is InChI=1S/C18H21N3O2/c1-12(2)23-14-9-7-13(8-10-14)20-18(19)21-16-11-22-17-6-4-3-5-15(16)17/h3-10,12,16H,11H2,1-2H3,(H3,19,20,21). The zero-order chi connectivity index (χ0) is 16.2. The van der Waals surface area contributed by atoms with Gasteiger partial charge in [-0.25, -0.2) is 4.99 Å². The third-order valence-electron chi connectivity index (χ3n) is 3.47. The lowest BCUT2D eigenvalue weighted by Crippen LogP contribution is -2.23. The number of hydrogen-bond acceptors (Lipinski definition) is 3. The minimum Gasteiger partial charge on any atom is -0.491 e. The van der Waals surface area contributed by atoms with Crippen LogP contribution in [0.25, 0.3) is 0 Å². The third-order valence-corrected chi connectivity index (χ3v) is 3.47. The quantitative estimate of drug-likeness (QED) is 0.671. The molecule has 0 radical (unpaired) electrons. The van der Waals surface area contributed by atoms with Crippen LogP contribution >= 0.6 is 0 Å². The Kier molecular flexibility index (Phi) is 4.37. The minimum atomic E-state index is -0.0674. The van der Waals surface area contributed by atoms with Gasteiger partial charge in [-0.05, 0) is 44.2 Å². The molecule has 23 heavy (non-hydrogen) atoms. The molecule has 0 aromatic heterocycles. The number of hydrogen-bond donors (Lipinski definition) is 2. The van der Waals surface area contributed by atoms with Crippen LogP contribution in [0.4, 0.5) is 5.69 Å². The molecule has 2 aromatic carbocycles. The molecule has 0 aliphatic carbocycles. The summed E-state index contributed by atoms with van der Waals surface area (Å²) in [5.74, 6) is 2.08. The van der Waals surface area contributed by atoms with Gasteiger partial charge in [0.25, 0.3) is 0 Å². The van der Waals surface area contributed by atoms with Crippen LogP contribution in [0.3, 0.4) is 0 Å². The van der Waals surface area contributed by atoms with Gasteiger partial charge in [-0.15, -0.1) is 0 Å². The Labute approximate surface area is 136 Å². The lowest BCUT2D eigenvalue weighted by Gasteiger charge is -2.11. The van der Waals surface area contributed by atoms with E-state index >= 15 is 0 Å². The smallest absolute Gasteiger partial charge is 0.193 e. The molecule has 0 spiro atoms. The predicted octanol–water partition coefficient (Wildman–Crippen LogP) is 3.33. The first-order chi connectivity index (χ1) is 11.1. The summed E-state index contributed by atoms with van der Waals surface area (Å²) in [5.41, 5.74) is 7.95. The van der Waals surface area contributed by atoms with Crippen molar-refractivity contribution < 1.29 is 9.47 Å². The topological polar surface area (TPSA) is 68.9 Å². The fourth-order valence-corrected chi connectivity index (χ4v) is 2.49. The zero-order valence-corrected chi connectivity index (χ0v) is 13.3. The van der Waals surface area contributed by atoms with Crippen LogP contribution in [0.2, 0.25) is 0 Å². The highest BCUT2D eigenvalue weighted by atomic mass is 16.5. The predicted molar refractivity (Wildman–Crippen MR) is 92.1 cm³/mol. The van der Waals surface area contributed by atoms with Crippen molar-refractivity contribution >= 4 is 11.6 Å². The van der Waals surface area contributed by atoms with E-state index in [1.165, 1.54) is 0 Å². The zero-order valence-electron chi connectivity index (χ0n) is 13.3. The van der Waals surface area contributed by atoms with Gasteiger partial charge in [0.1, 0.15) is 24.1 Å². The third kappa shape index (κ3) is 3.74. The lowest BCUT2D eigenvalue weighted by molar-refractivity contribution is 0.242. The normalized spacial score (nSPS) is 16.8. The Morgan fingerprint density at radius 2 is 1.96 bits per heavy atom. The molecule has 5 nitrogen and oxygen atoms in total. The summed E-state index contributed by atoms with van der Waals surface area (Å²) in [6, 6.07) is 15.5. The van der Waals surface area contributed by atoms with Crippen molar-refractivity contribution in [3.63, 3.8) is 0 Å². The van der Waals surface area contributed by atoms with Crippen molar-refractivity contribution in [2.24, 2.45) is 10.7 Å². The average Bonchev–Trinajstić information content (AvgIpc) is 2.92. The maximum atomic E-state index is 6.01. The van der Waals surface area contributed by atoms with Crippen LogP contribution in [-0.4, -0.2) is 18.7 Å². The van der Waals surface area contributed by atoms with E-state index in [9.17, 15) is 0 Å². The largest absolute Gasteiger partial charge is 0.491 e. The molecule has 1 heterocycles. The van der Waals surface area contributed by atoms with Crippen molar-refractivity contribution in [1.82, 2.24) is 0 Å². The van der Waals surface area contributed by atoms with Gasteiger partial charge in [-0.2, -0.15) is 0 Å².